The molecule has 0 radical (unpaired) electrons. The molecule has 0 unspecified atom stereocenters. The Bertz CT molecular complexity index is 478. The lowest BCUT2D eigenvalue weighted by molar-refractivity contribution is -0.387. The second kappa shape index (κ2) is 2.63. The lowest BCUT2D eigenvalue weighted by Gasteiger charge is -1.97. The van der Waals surface area contributed by atoms with Crippen molar-refractivity contribution in [3.8, 4) is 0 Å². The van der Waals surface area contributed by atoms with Gasteiger partial charge in [-0.15, -0.1) is 0 Å². The standard InChI is InChI=1S/C8H4N2O4/c11-8-4-9(12)7-3-5(10(13)14)1-2-6(7)8/h1-4H. The fourth-order valence-electron chi connectivity index (χ4n) is 1.27. The van der Waals surface area contributed by atoms with Crippen LogP contribution in [-0.4, -0.2) is 21.7 Å². The van der Waals surface area contributed by atoms with Crippen LogP contribution in [0.15, 0.2) is 18.2 Å². The Morgan fingerprint density at radius 2 is 2.07 bits per heavy atom. The van der Waals surface area contributed by atoms with Crippen LogP contribution in [0.5, 0.6) is 0 Å². The number of Topliss-reactive ketones (excluding diaryl/α,β-unsaturated/α-hetero) is 1. The van der Waals surface area contributed by atoms with E-state index in [2.05, 4.69) is 0 Å². The second-order valence-corrected chi connectivity index (χ2v) is 2.78. The zero-order valence-corrected chi connectivity index (χ0v) is 6.84. The van der Waals surface area contributed by atoms with E-state index in [9.17, 15) is 20.1 Å². The molecule has 1 aliphatic heterocycles. The molecule has 1 aromatic carbocycles. The lowest BCUT2D eigenvalue weighted by Crippen LogP contribution is -1.94. The number of nitro groups is 1. The van der Waals surface area contributed by atoms with E-state index in [0.717, 1.165) is 12.3 Å². The summed E-state index contributed by atoms with van der Waals surface area (Å²) in [5, 5.41) is 21.4. The number of non-ortho nitro benzene ring substituents is 1. The third-order valence-electron chi connectivity index (χ3n) is 1.93. The summed E-state index contributed by atoms with van der Waals surface area (Å²) in [6.45, 7) is 0. The Labute approximate surface area is 77.8 Å². The molecule has 0 atom stereocenters. The van der Waals surface area contributed by atoms with E-state index < -0.39 is 10.7 Å². The molecular weight excluding hydrogens is 188 g/mol. The van der Waals surface area contributed by atoms with Crippen molar-refractivity contribution >= 4 is 23.4 Å². The van der Waals surface area contributed by atoms with Gasteiger partial charge in [-0.25, -0.2) is 0 Å². The van der Waals surface area contributed by atoms with Crippen LogP contribution >= 0.6 is 0 Å². The van der Waals surface area contributed by atoms with Crippen LogP contribution in [0.3, 0.4) is 0 Å². The van der Waals surface area contributed by atoms with Crippen molar-refractivity contribution in [1.82, 2.24) is 0 Å². The number of ketones is 1. The minimum Gasteiger partial charge on any atom is -0.618 e. The lowest BCUT2D eigenvalue weighted by atomic mass is 10.1. The second-order valence-electron chi connectivity index (χ2n) is 2.78. The first-order chi connectivity index (χ1) is 6.59. The van der Waals surface area contributed by atoms with Gasteiger partial charge < -0.3 is 5.21 Å². The number of hydrogen-bond donors (Lipinski definition) is 0. The highest BCUT2D eigenvalue weighted by Gasteiger charge is 2.27. The van der Waals surface area contributed by atoms with E-state index >= 15 is 0 Å². The Hall–Kier alpha value is -2.24. The maximum atomic E-state index is 11.1. The quantitative estimate of drug-likeness (QED) is 0.287. The number of nitrogens with zero attached hydrogens (tertiary/aromatic N) is 2. The van der Waals surface area contributed by atoms with Gasteiger partial charge in [0, 0.05) is 6.07 Å². The summed E-state index contributed by atoms with van der Waals surface area (Å²) in [5.41, 5.74) is 0.0301. The van der Waals surface area contributed by atoms with E-state index in [1.807, 2.05) is 0 Å². The molecule has 0 N–H and O–H groups in total. The first kappa shape index (κ1) is 8.36. The summed E-state index contributed by atoms with van der Waals surface area (Å²) in [6, 6.07) is 3.57. The van der Waals surface area contributed by atoms with Crippen LogP contribution in [0.4, 0.5) is 11.4 Å². The number of hydrogen-bond acceptors (Lipinski definition) is 4. The Morgan fingerprint density at radius 1 is 1.36 bits per heavy atom. The van der Waals surface area contributed by atoms with Crippen LogP contribution in [-0.2, 0) is 0 Å². The average Bonchev–Trinajstić information content (AvgIpc) is 2.42. The Balaban J connectivity index is 2.61. The molecule has 0 amide bonds. The van der Waals surface area contributed by atoms with Crippen LogP contribution in [0.2, 0.25) is 0 Å². The number of benzene rings is 1. The van der Waals surface area contributed by atoms with Gasteiger partial charge in [-0.2, -0.15) is 4.74 Å². The van der Waals surface area contributed by atoms with Crippen LogP contribution in [0, 0.1) is 15.3 Å². The molecule has 1 aromatic rings. The maximum absolute atomic E-state index is 11.1. The van der Waals surface area contributed by atoms with Crippen molar-refractivity contribution in [2.75, 3.05) is 0 Å². The van der Waals surface area contributed by atoms with Crippen molar-refractivity contribution in [2.24, 2.45) is 0 Å². The van der Waals surface area contributed by atoms with Crippen molar-refractivity contribution in [3.05, 3.63) is 39.1 Å². The topological polar surface area (TPSA) is 86.3 Å². The van der Waals surface area contributed by atoms with Crippen LogP contribution in [0.1, 0.15) is 10.4 Å². The van der Waals surface area contributed by atoms with E-state index in [0.29, 0.717) is 4.74 Å². The average molecular weight is 192 g/mol. The predicted molar refractivity (Wildman–Crippen MR) is 46.8 cm³/mol. The van der Waals surface area contributed by atoms with E-state index in [1.165, 1.54) is 12.1 Å². The summed E-state index contributed by atoms with van der Waals surface area (Å²) in [4.78, 5) is 20.9. The highest BCUT2D eigenvalue weighted by Crippen LogP contribution is 2.27. The number of carbonyl (C=O) groups excluding carboxylic acids is 1. The Morgan fingerprint density at radius 3 is 2.71 bits per heavy atom. The summed E-state index contributed by atoms with van der Waals surface area (Å²) in [7, 11) is 0. The molecule has 2 rings (SSSR count). The maximum Gasteiger partial charge on any atom is 0.276 e. The van der Waals surface area contributed by atoms with Gasteiger partial charge in [0.15, 0.2) is 0 Å². The first-order valence-electron chi connectivity index (χ1n) is 3.73. The molecule has 0 aliphatic carbocycles. The van der Waals surface area contributed by atoms with Crippen molar-refractivity contribution < 1.29 is 14.5 Å². The number of fused-ring (bicyclic) bond motifs is 1. The monoisotopic (exact) mass is 192 g/mol. The molecular formula is C8H4N2O4. The Kier molecular flexibility index (Phi) is 1.57. The molecule has 0 saturated carbocycles. The summed E-state index contributed by atoms with van der Waals surface area (Å²) >= 11 is 0. The van der Waals surface area contributed by atoms with Gasteiger partial charge in [0.25, 0.3) is 11.5 Å². The van der Waals surface area contributed by atoms with Gasteiger partial charge in [-0.1, -0.05) is 0 Å². The number of nitro benzene ring substituents is 1. The highest BCUT2D eigenvalue weighted by molar-refractivity contribution is 6.37. The minimum atomic E-state index is -0.614. The molecule has 1 aliphatic rings. The van der Waals surface area contributed by atoms with Gasteiger partial charge in [0.2, 0.25) is 11.9 Å². The largest absolute Gasteiger partial charge is 0.618 e. The SMILES string of the molecule is O=C1C=[N+]([O-])c2cc([N+](=O)[O-])ccc21. The third-order valence-corrected chi connectivity index (χ3v) is 1.93. The van der Waals surface area contributed by atoms with Crippen LogP contribution in [0.25, 0.3) is 0 Å². The zero-order chi connectivity index (χ0) is 10.3. The summed E-state index contributed by atoms with van der Waals surface area (Å²) in [5.74, 6) is -0.426. The van der Waals surface area contributed by atoms with Gasteiger partial charge in [-0.05, 0) is 6.07 Å². The van der Waals surface area contributed by atoms with Gasteiger partial charge >= 0.3 is 0 Å². The molecule has 70 valence electrons. The predicted octanol–water partition coefficient (Wildman–Crippen LogP) is 1.00. The fourth-order valence-corrected chi connectivity index (χ4v) is 1.27. The molecule has 1 heterocycles. The third kappa shape index (κ3) is 1.05. The molecule has 0 spiro atoms. The highest BCUT2D eigenvalue weighted by atomic mass is 16.6. The summed E-state index contributed by atoms with van der Waals surface area (Å²) in [6.07, 6.45) is 0.856. The molecule has 6 heteroatoms. The van der Waals surface area contributed by atoms with E-state index in [-0.39, 0.29) is 16.9 Å². The molecule has 0 bridgehead atoms. The van der Waals surface area contributed by atoms with Gasteiger partial charge in [-0.3, -0.25) is 14.9 Å². The molecule has 6 nitrogen and oxygen atoms in total. The summed E-state index contributed by atoms with van der Waals surface area (Å²) < 4.78 is 0.338. The van der Waals surface area contributed by atoms with Crippen molar-refractivity contribution in [3.63, 3.8) is 0 Å². The van der Waals surface area contributed by atoms with Gasteiger partial charge in [0.1, 0.15) is 5.56 Å². The molecule has 0 saturated heterocycles. The fraction of sp³-hybridized carbons (Fsp3) is 0. The number of rotatable bonds is 1. The number of carbonyl (C=O) groups is 1. The molecule has 0 aromatic heterocycles. The normalized spacial score (nSPS) is 13.7. The zero-order valence-electron chi connectivity index (χ0n) is 6.84. The van der Waals surface area contributed by atoms with E-state index in [1.54, 1.807) is 0 Å². The molecule has 0 fully saturated rings. The smallest absolute Gasteiger partial charge is 0.276 e. The van der Waals surface area contributed by atoms with Crippen LogP contribution < -0.4 is 0 Å². The molecule has 14 heavy (non-hydrogen) atoms. The minimum absolute atomic E-state index is 0.0317. The van der Waals surface area contributed by atoms with E-state index in [4.69, 9.17) is 0 Å². The first-order valence-corrected chi connectivity index (χ1v) is 3.73. The van der Waals surface area contributed by atoms with Crippen molar-refractivity contribution in [1.29, 1.82) is 0 Å². The van der Waals surface area contributed by atoms with Gasteiger partial charge in [0.05, 0.1) is 11.0 Å². The van der Waals surface area contributed by atoms with Crippen molar-refractivity contribution in [2.45, 2.75) is 0 Å².